The van der Waals surface area contributed by atoms with Gasteiger partial charge in [-0.3, -0.25) is 9.59 Å². The normalized spacial score (nSPS) is 19.0. The molecule has 7 nitrogen and oxygen atoms in total. The summed E-state index contributed by atoms with van der Waals surface area (Å²) in [5.41, 5.74) is 0.207. The van der Waals surface area contributed by atoms with Gasteiger partial charge in [0, 0.05) is 18.4 Å². The van der Waals surface area contributed by atoms with Crippen molar-refractivity contribution in [1.82, 2.24) is 9.88 Å². The SMILES string of the molecule is O=C(Nc1ccc(N2C(=O)C3CCCCN3C2=O)c(Cl)c1)c1ncccc1F. The van der Waals surface area contributed by atoms with Crippen LogP contribution in [0, 0.1) is 5.82 Å². The third kappa shape index (κ3) is 3.09. The Morgan fingerprint density at radius 2 is 2.07 bits per heavy atom. The van der Waals surface area contributed by atoms with Gasteiger partial charge >= 0.3 is 6.03 Å². The zero-order valence-electron chi connectivity index (χ0n) is 14.7. The minimum atomic E-state index is -0.743. The molecular weight excluding hydrogens is 387 g/mol. The first kappa shape index (κ1) is 18.4. The van der Waals surface area contributed by atoms with Crippen LogP contribution < -0.4 is 10.2 Å². The molecule has 2 aromatic rings. The minimum absolute atomic E-state index is 0.126. The maximum absolute atomic E-state index is 13.7. The number of carbonyl (C=O) groups is 3. The molecule has 1 aromatic carbocycles. The lowest BCUT2D eigenvalue weighted by molar-refractivity contribution is -0.120. The lowest BCUT2D eigenvalue weighted by Crippen LogP contribution is -2.39. The predicted octanol–water partition coefficient (Wildman–Crippen LogP) is 3.45. The third-order valence-electron chi connectivity index (χ3n) is 4.87. The van der Waals surface area contributed by atoms with E-state index in [1.54, 1.807) is 4.90 Å². The molecule has 4 rings (SSSR count). The Bertz CT molecular complexity index is 959. The van der Waals surface area contributed by atoms with E-state index in [1.165, 1.54) is 30.5 Å². The summed E-state index contributed by atoms with van der Waals surface area (Å²) in [7, 11) is 0. The molecule has 28 heavy (non-hydrogen) atoms. The van der Waals surface area contributed by atoms with Crippen LogP contribution in [0.4, 0.5) is 20.6 Å². The van der Waals surface area contributed by atoms with Gasteiger partial charge in [0.2, 0.25) is 0 Å². The van der Waals surface area contributed by atoms with Crippen molar-refractivity contribution in [3.63, 3.8) is 0 Å². The Kier molecular flexibility index (Phi) is 4.72. The van der Waals surface area contributed by atoms with Gasteiger partial charge in [-0.25, -0.2) is 19.1 Å². The van der Waals surface area contributed by atoms with Gasteiger partial charge in [0.05, 0.1) is 10.7 Å². The minimum Gasteiger partial charge on any atom is -0.321 e. The monoisotopic (exact) mass is 402 g/mol. The van der Waals surface area contributed by atoms with Crippen LogP contribution in [0.1, 0.15) is 29.8 Å². The zero-order valence-corrected chi connectivity index (χ0v) is 15.4. The maximum Gasteiger partial charge on any atom is 0.332 e. The molecule has 4 amide bonds. The van der Waals surface area contributed by atoms with Gasteiger partial charge in [0.15, 0.2) is 11.5 Å². The molecule has 2 saturated heterocycles. The van der Waals surface area contributed by atoms with E-state index in [-0.39, 0.29) is 28.3 Å². The van der Waals surface area contributed by atoms with Crippen molar-refractivity contribution >= 4 is 40.8 Å². The van der Waals surface area contributed by atoms with Crippen molar-refractivity contribution in [3.05, 3.63) is 53.1 Å². The molecule has 9 heteroatoms. The van der Waals surface area contributed by atoms with Gasteiger partial charge in [-0.2, -0.15) is 0 Å². The number of anilines is 2. The number of rotatable bonds is 3. The summed E-state index contributed by atoms with van der Waals surface area (Å²) < 4.78 is 13.7. The number of carbonyl (C=O) groups excluding carboxylic acids is 3. The number of urea groups is 1. The molecule has 1 atom stereocenters. The molecule has 2 aliphatic heterocycles. The standard InChI is InChI=1S/C19H16ClFN4O3/c20-12-10-11(23-17(26)16-13(21)4-3-8-22-16)6-7-14(12)25-18(27)15-5-1-2-9-24(15)19(25)28/h3-4,6-8,10,15H,1-2,5,9H2,(H,23,26). The molecular formula is C19H16ClFN4O3. The van der Waals surface area contributed by atoms with Gasteiger partial charge < -0.3 is 10.2 Å². The van der Waals surface area contributed by atoms with E-state index < -0.39 is 17.8 Å². The molecule has 0 radical (unpaired) electrons. The third-order valence-corrected chi connectivity index (χ3v) is 5.17. The van der Waals surface area contributed by atoms with Gasteiger partial charge in [-0.15, -0.1) is 0 Å². The first-order chi connectivity index (χ1) is 13.5. The number of nitrogens with zero attached hydrogens (tertiary/aromatic N) is 3. The van der Waals surface area contributed by atoms with Crippen molar-refractivity contribution in [2.45, 2.75) is 25.3 Å². The van der Waals surface area contributed by atoms with E-state index in [9.17, 15) is 18.8 Å². The number of piperidine rings is 1. The largest absolute Gasteiger partial charge is 0.332 e. The van der Waals surface area contributed by atoms with Crippen LogP contribution in [0.3, 0.4) is 0 Å². The Morgan fingerprint density at radius 3 is 2.79 bits per heavy atom. The number of hydrogen-bond acceptors (Lipinski definition) is 4. The summed E-state index contributed by atoms with van der Waals surface area (Å²) in [6, 6.07) is 6.09. The van der Waals surface area contributed by atoms with Crippen LogP contribution in [-0.4, -0.2) is 40.3 Å². The maximum atomic E-state index is 13.7. The number of benzene rings is 1. The highest BCUT2D eigenvalue weighted by Crippen LogP contribution is 2.35. The van der Waals surface area contributed by atoms with E-state index in [4.69, 9.17) is 11.6 Å². The highest BCUT2D eigenvalue weighted by Gasteiger charge is 2.47. The Labute approximate surface area is 165 Å². The summed E-state index contributed by atoms with van der Waals surface area (Å²) in [4.78, 5) is 43.9. The number of amides is 4. The lowest BCUT2D eigenvalue weighted by Gasteiger charge is -2.26. The van der Waals surface area contributed by atoms with Gasteiger partial charge in [0.25, 0.3) is 11.8 Å². The fraction of sp³-hybridized carbons (Fsp3) is 0.263. The summed E-state index contributed by atoms with van der Waals surface area (Å²) in [5, 5.41) is 2.63. The van der Waals surface area contributed by atoms with Crippen LogP contribution >= 0.6 is 11.6 Å². The Balaban J connectivity index is 1.57. The number of pyridine rings is 1. The fourth-order valence-electron chi connectivity index (χ4n) is 3.52. The van der Waals surface area contributed by atoms with Gasteiger partial charge in [-0.05, 0) is 49.6 Å². The number of fused-ring (bicyclic) bond motifs is 1. The van der Waals surface area contributed by atoms with Crippen LogP contribution in [-0.2, 0) is 4.79 Å². The predicted molar refractivity (Wildman–Crippen MR) is 101 cm³/mol. The molecule has 2 aliphatic rings. The second-order valence-electron chi connectivity index (χ2n) is 6.62. The number of imide groups is 1. The highest BCUT2D eigenvalue weighted by molar-refractivity contribution is 6.36. The number of halogens is 2. The summed E-state index contributed by atoms with van der Waals surface area (Å²) in [5.74, 6) is -1.76. The summed E-state index contributed by atoms with van der Waals surface area (Å²) in [6.07, 6.45) is 3.72. The average Bonchev–Trinajstić information content (AvgIpc) is 2.93. The van der Waals surface area contributed by atoms with Crippen LogP contribution in [0.25, 0.3) is 0 Å². The van der Waals surface area contributed by atoms with Crippen molar-refractivity contribution in [3.8, 4) is 0 Å². The molecule has 0 spiro atoms. The Morgan fingerprint density at radius 1 is 1.25 bits per heavy atom. The van der Waals surface area contributed by atoms with Crippen LogP contribution in [0.5, 0.6) is 0 Å². The van der Waals surface area contributed by atoms with E-state index >= 15 is 0 Å². The molecule has 1 N–H and O–H groups in total. The molecule has 3 heterocycles. The fourth-order valence-corrected chi connectivity index (χ4v) is 3.78. The van der Waals surface area contributed by atoms with Gasteiger partial charge in [0.1, 0.15) is 6.04 Å². The molecule has 1 unspecified atom stereocenters. The molecule has 0 saturated carbocycles. The smallest absolute Gasteiger partial charge is 0.321 e. The van der Waals surface area contributed by atoms with Crippen molar-refractivity contribution in [1.29, 1.82) is 0 Å². The lowest BCUT2D eigenvalue weighted by atomic mass is 10.0. The van der Waals surface area contributed by atoms with Crippen LogP contribution in [0.15, 0.2) is 36.5 Å². The number of hydrogen-bond donors (Lipinski definition) is 1. The first-order valence-electron chi connectivity index (χ1n) is 8.83. The molecule has 0 bridgehead atoms. The number of nitrogens with one attached hydrogen (secondary N) is 1. The quantitative estimate of drug-likeness (QED) is 0.797. The Hall–Kier alpha value is -3.00. The van der Waals surface area contributed by atoms with Gasteiger partial charge in [-0.1, -0.05) is 11.6 Å². The zero-order chi connectivity index (χ0) is 19.8. The molecule has 2 fully saturated rings. The topological polar surface area (TPSA) is 82.6 Å². The van der Waals surface area contributed by atoms with E-state index in [0.717, 1.165) is 23.8 Å². The van der Waals surface area contributed by atoms with E-state index in [0.29, 0.717) is 18.7 Å². The summed E-state index contributed by atoms with van der Waals surface area (Å²) in [6.45, 7) is 0.549. The summed E-state index contributed by atoms with van der Waals surface area (Å²) >= 11 is 6.29. The average molecular weight is 403 g/mol. The molecule has 0 aliphatic carbocycles. The van der Waals surface area contributed by atoms with E-state index in [1.807, 2.05) is 0 Å². The molecule has 1 aromatic heterocycles. The molecule has 144 valence electrons. The second kappa shape index (κ2) is 7.20. The van der Waals surface area contributed by atoms with E-state index in [2.05, 4.69) is 10.3 Å². The van der Waals surface area contributed by atoms with Crippen LogP contribution in [0.2, 0.25) is 5.02 Å². The highest BCUT2D eigenvalue weighted by atomic mass is 35.5. The number of aromatic nitrogens is 1. The second-order valence-corrected chi connectivity index (χ2v) is 7.02. The van der Waals surface area contributed by atoms with Crippen molar-refractivity contribution in [2.75, 3.05) is 16.8 Å². The van der Waals surface area contributed by atoms with Crippen molar-refractivity contribution in [2.24, 2.45) is 0 Å². The first-order valence-corrected chi connectivity index (χ1v) is 9.21. The van der Waals surface area contributed by atoms with Crippen molar-refractivity contribution < 1.29 is 18.8 Å².